The summed E-state index contributed by atoms with van der Waals surface area (Å²) in [4.78, 5) is 23.2. The topological polar surface area (TPSA) is 142 Å². The number of nitrogen functional groups attached to an aromatic ring is 1. The summed E-state index contributed by atoms with van der Waals surface area (Å²) in [7, 11) is 0. The van der Waals surface area contributed by atoms with Crippen molar-refractivity contribution in [2.75, 3.05) is 24.2 Å². The second kappa shape index (κ2) is 6.93. The van der Waals surface area contributed by atoms with Crippen LogP contribution in [0.4, 0.5) is 16.3 Å². The van der Waals surface area contributed by atoms with Gasteiger partial charge in [0.05, 0.1) is 5.69 Å². The van der Waals surface area contributed by atoms with Crippen LogP contribution >= 0.6 is 0 Å². The first kappa shape index (κ1) is 16.8. The molecular weight excluding hydrogens is 278 g/mol. The lowest BCUT2D eigenvalue weighted by Crippen LogP contribution is -2.37. The van der Waals surface area contributed by atoms with E-state index in [0.29, 0.717) is 11.4 Å². The van der Waals surface area contributed by atoms with Gasteiger partial charge in [-0.3, -0.25) is 9.89 Å². The van der Waals surface area contributed by atoms with Crippen LogP contribution in [0.5, 0.6) is 0 Å². The van der Waals surface area contributed by atoms with E-state index in [1.165, 1.54) is 0 Å². The number of aliphatic hydroxyl groups is 1. The molecule has 118 valence electrons. The highest BCUT2D eigenvalue weighted by atomic mass is 16.6. The summed E-state index contributed by atoms with van der Waals surface area (Å²) in [5, 5.41) is 20.1. The number of aromatic nitrogens is 2. The van der Waals surface area contributed by atoms with Crippen LogP contribution in [0.3, 0.4) is 0 Å². The number of aliphatic hydroxyl groups excluding tert-OH is 1. The lowest BCUT2D eigenvalue weighted by atomic mass is 10.2. The SMILES string of the molecule is CC(C)(C)OC(=O)NCC(=O)Nc1c(N)n[nH]c1CCO. The van der Waals surface area contributed by atoms with Gasteiger partial charge in [-0.15, -0.1) is 0 Å². The summed E-state index contributed by atoms with van der Waals surface area (Å²) in [6.07, 6.45) is -0.410. The summed E-state index contributed by atoms with van der Waals surface area (Å²) < 4.78 is 5.00. The Hall–Kier alpha value is -2.29. The molecule has 0 fully saturated rings. The number of nitrogens with zero attached hydrogens (tertiary/aromatic N) is 1. The van der Waals surface area contributed by atoms with Gasteiger partial charge in [-0.25, -0.2) is 4.79 Å². The molecule has 9 nitrogen and oxygen atoms in total. The van der Waals surface area contributed by atoms with Gasteiger partial charge in [0.1, 0.15) is 17.8 Å². The molecule has 0 aliphatic carbocycles. The molecule has 0 spiro atoms. The number of hydrogen-bond donors (Lipinski definition) is 5. The standard InChI is InChI=1S/C12H21N5O4/c1-12(2,3)21-11(20)14-6-8(19)15-9-7(4-5-18)16-17-10(9)13/h18H,4-6H2,1-3H3,(H,14,20)(H,15,19)(H3,13,16,17). The Balaban J connectivity index is 2.51. The largest absolute Gasteiger partial charge is 0.444 e. The summed E-state index contributed by atoms with van der Waals surface area (Å²) >= 11 is 0. The van der Waals surface area contributed by atoms with E-state index in [1.54, 1.807) is 20.8 Å². The van der Waals surface area contributed by atoms with Crippen molar-refractivity contribution in [3.8, 4) is 0 Å². The van der Waals surface area contributed by atoms with Gasteiger partial charge in [0.15, 0.2) is 5.82 Å². The number of anilines is 2. The molecule has 0 radical (unpaired) electrons. The van der Waals surface area contributed by atoms with Gasteiger partial charge in [-0.1, -0.05) is 0 Å². The Kier molecular flexibility index (Phi) is 5.53. The Labute approximate surface area is 122 Å². The number of nitrogens with one attached hydrogen (secondary N) is 3. The van der Waals surface area contributed by atoms with Gasteiger partial charge < -0.3 is 26.2 Å². The summed E-state index contributed by atoms with van der Waals surface area (Å²) in [5.74, 6) is -0.364. The zero-order chi connectivity index (χ0) is 16.0. The molecule has 0 unspecified atom stereocenters. The van der Waals surface area contributed by atoms with Crippen molar-refractivity contribution < 1.29 is 19.4 Å². The molecule has 1 rings (SSSR count). The maximum Gasteiger partial charge on any atom is 0.408 e. The van der Waals surface area contributed by atoms with Crippen LogP contribution in [0.1, 0.15) is 26.5 Å². The fraction of sp³-hybridized carbons (Fsp3) is 0.583. The Morgan fingerprint density at radius 3 is 2.67 bits per heavy atom. The Morgan fingerprint density at radius 1 is 1.43 bits per heavy atom. The van der Waals surface area contributed by atoms with E-state index in [1.807, 2.05) is 0 Å². The highest BCUT2D eigenvalue weighted by Gasteiger charge is 2.18. The van der Waals surface area contributed by atoms with Gasteiger partial charge in [0.2, 0.25) is 5.91 Å². The zero-order valence-corrected chi connectivity index (χ0v) is 12.3. The molecule has 1 heterocycles. The Bertz CT molecular complexity index is 506. The van der Waals surface area contributed by atoms with Crippen LogP contribution in [0.15, 0.2) is 0 Å². The number of aromatic amines is 1. The highest BCUT2D eigenvalue weighted by Crippen LogP contribution is 2.20. The monoisotopic (exact) mass is 299 g/mol. The molecule has 9 heteroatoms. The van der Waals surface area contributed by atoms with Crippen LogP contribution in [0.25, 0.3) is 0 Å². The minimum Gasteiger partial charge on any atom is -0.444 e. The van der Waals surface area contributed by atoms with Gasteiger partial charge in [0, 0.05) is 13.0 Å². The minimum absolute atomic E-state index is 0.110. The van der Waals surface area contributed by atoms with Crippen molar-refractivity contribution in [3.05, 3.63) is 5.69 Å². The molecule has 0 aliphatic rings. The first-order valence-electron chi connectivity index (χ1n) is 6.43. The average molecular weight is 299 g/mol. The van der Waals surface area contributed by atoms with E-state index in [9.17, 15) is 9.59 Å². The minimum atomic E-state index is -0.687. The molecule has 6 N–H and O–H groups in total. The quantitative estimate of drug-likeness (QED) is 0.517. The van der Waals surface area contributed by atoms with Crippen molar-refractivity contribution in [1.82, 2.24) is 15.5 Å². The van der Waals surface area contributed by atoms with E-state index in [4.69, 9.17) is 15.6 Å². The van der Waals surface area contributed by atoms with Crippen molar-refractivity contribution in [2.24, 2.45) is 0 Å². The number of hydrogen-bond acceptors (Lipinski definition) is 6. The summed E-state index contributed by atoms with van der Waals surface area (Å²) in [6.45, 7) is 4.79. The van der Waals surface area contributed by atoms with Crippen LogP contribution in [0, 0.1) is 0 Å². The van der Waals surface area contributed by atoms with Crippen LogP contribution < -0.4 is 16.4 Å². The number of rotatable bonds is 5. The molecule has 0 saturated heterocycles. The van der Waals surface area contributed by atoms with E-state index in [0.717, 1.165) is 0 Å². The predicted octanol–water partition coefficient (Wildman–Crippen LogP) is -0.0101. The number of carbonyl (C=O) groups is 2. The number of H-pyrrole nitrogens is 1. The molecule has 1 aromatic heterocycles. The number of nitrogens with two attached hydrogens (primary N) is 1. The summed E-state index contributed by atoms with van der Waals surface area (Å²) in [5.41, 5.74) is 5.79. The molecule has 1 aromatic rings. The summed E-state index contributed by atoms with van der Waals surface area (Å²) in [6, 6.07) is 0. The third kappa shape index (κ3) is 5.69. The third-order valence-corrected chi connectivity index (χ3v) is 2.29. The molecule has 2 amide bonds. The van der Waals surface area contributed by atoms with Gasteiger partial charge in [0.25, 0.3) is 0 Å². The predicted molar refractivity (Wildman–Crippen MR) is 76.7 cm³/mol. The first-order chi connectivity index (χ1) is 9.73. The number of ether oxygens (including phenoxy) is 1. The smallest absolute Gasteiger partial charge is 0.408 e. The van der Waals surface area contributed by atoms with Crippen molar-refractivity contribution >= 4 is 23.5 Å². The second-order valence-electron chi connectivity index (χ2n) is 5.34. The fourth-order valence-corrected chi connectivity index (χ4v) is 1.48. The van der Waals surface area contributed by atoms with Gasteiger partial charge in [-0.2, -0.15) is 5.10 Å². The molecule has 0 aliphatic heterocycles. The Morgan fingerprint density at radius 2 is 2.10 bits per heavy atom. The van der Waals surface area contributed by atoms with Crippen molar-refractivity contribution in [1.29, 1.82) is 0 Å². The van der Waals surface area contributed by atoms with Gasteiger partial charge >= 0.3 is 6.09 Å². The van der Waals surface area contributed by atoms with E-state index >= 15 is 0 Å². The van der Waals surface area contributed by atoms with Crippen LogP contribution in [-0.2, 0) is 16.0 Å². The molecule has 21 heavy (non-hydrogen) atoms. The van der Waals surface area contributed by atoms with Crippen molar-refractivity contribution in [2.45, 2.75) is 32.8 Å². The van der Waals surface area contributed by atoms with E-state index in [2.05, 4.69) is 20.8 Å². The average Bonchev–Trinajstić information content (AvgIpc) is 2.67. The normalized spacial score (nSPS) is 11.0. The van der Waals surface area contributed by atoms with Crippen LogP contribution in [-0.4, -0.2) is 46.1 Å². The molecule has 0 bridgehead atoms. The molecular formula is C12H21N5O4. The van der Waals surface area contributed by atoms with E-state index in [-0.39, 0.29) is 25.4 Å². The zero-order valence-electron chi connectivity index (χ0n) is 12.3. The third-order valence-electron chi connectivity index (χ3n) is 2.29. The second-order valence-corrected chi connectivity index (χ2v) is 5.34. The first-order valence-corrected chi connectivity index (χ1v) is 6.43. The molecule has 0 atom stereocenters. The number of amides is 2. The molecule has 0 aromatic carbocycles. The van der Waals surface area contributed by atoms with Crippen molar-refractivity contribution in [3.63, 3.8) is 0 Å². The van der Waals surface area contributed by atoms with E-state index < -0.39 is 17.6 Å². The lowest BCUT2D eigenvalue weighted by molar-refractivity contribution is -0.115. The maximum atomic E-state index is 11.7. The number of carbonyl (C=O) groups excluding carboxylic acids is 2. The van der Waals surface area contributed by atoms with Crippen LogP contribution in [0.2, 0.25) is 0 Å². The lowest BCUT2D eigenvalue weighted by Gasteiger charge is -2.19. The fourth-order valence-electron chi connectivity index (χ4n) is 1.48. The molecule has 0 saturated carbocycles. The number of alkyl carbamates (subject to hydrolysis) is 1. The maximum absolute atomic E-state index is 11.7. The highest BCUT2D eigenvalue weighted by molar-refractivity contribution is 5.96. The van der Waals surface area contributed by atoms with Gasteiger partial charge in [-0.05, 0) is 20.8 Å².